The number of para-hydroxylation sites is 2. The number of nitrogens with one attached hydrogen (secondary N) is 2. The van der Waals surface area contributed by atoms with Crippen molar-refractivity contribution in [1.29, 1.82) is 0 Å². The molecule has 0 amide bonds. The van der Waals surface area contributed by atoms with Crippen LogP contribution < -0.4 is 10.6 Å². The van der Waals surface area contributed by atoms with E-state index < -0.39 is 4.92 Å². The molecule has 0 radical (unpaired) electrons. The average Bonchev–Trinajstić information content (AvgIpc) is 2.49. The van der Waals surface area contributed by atoms with Crippen LogP contribution in [0.2, 0.25) is 0 Å². The molecule has 0 atom stereocenters. The van der Waals surface area contributed by atoms with Gasteiger partial charge in [-0.15, -0.1) is 0 Å². The number of nitro benzene ring substituents is 1. The fourth-order valence-electron chi connectivity index (χ4n) is 1.37. The lowest BCUT2D eigenvalue weighted by molar-refractivity contribution is -0.384. The second-order valence-electron chi connectivity index (χ2n) is 3.98. The number of anilines is 1. The van der Waals surface area contributed by atoms with E-state index in [4.69, 9.17) is 15.3 Å². The van der Waals surface area contributed by atoms with Gasteiger partial charge in [0.15, 0.2) is 0 Å². The maximum Gasteiger partial charge on any atom is 0.292 e. The molecule has 5 N–H and O–H groups in total. The summed E-state index contributed by atoms with van der Waals surface area (Å²) in [6.07, 6.45) is 0.575. The van der Waals surface area contributed by atoms with Gasteiger partial charge in [0.25, 0.3) is 5.69 Å². The third-order valence-electron chi connectivity index (χ3n) is 2.33. The molecule has 0 saturated carbocycles. The number of benzene rings is 1. The Bertz CT molecular complexity index is 386. The Morgan fingerprint density at radius 2 is 1.62 bits per heavy atom. The van der Waals surface area contributed by atoms with Gasteiger partial charge in [-0.2, -0.15) is 0 Å². The fourth-order valence-corrected chi connectivity index (χ4v) is 1.37. The summed E-state index contributed by atoms with van der Waals surface area (Å²) in [5.41, 5.74) is 0.552. The summed E-state index contributed by atoms with van der Waals surface area (Å²) in [6, 6.07) is 6.44. The van der Waals surface area contributed by atoms with E-state index in [-0.39, 0.29) is 25.5 Å². The molecular formula is C13H23N3O5. The molecule has 0 fully saturated rings. The number of aliphatic hydroxyl groups is 3. The van der Waals surface area contributed by atoms with Crippen molar-refractivity contribution in [2.24, 2.45) is 0 Å². The maximum atomic E-state index is 10.6. The zero-order chi connectivity index (χ0) is 15.9. The van der Waals surface area contributed by atoms with Crippen LogP contribution in [-0.4, -0.2) is 59.7 Å². The number of nitro groups is 1. The molecule has 0 unspecified atom stereocenters. The summed E-state index contributed by atoms with van der Waals surface area (Å²) < 4.78 is 0. The van der Waals surface area contributed by atoms with Crippen LogP contribution in [0.25, 0.3) is 0 Å². The summed E-state index contributed by atoms with van der Waals surface area (Å²) in [7, 11) is 0. The van der Waals surface area contributed by atoms with Gasteiger partial charge in [0.2, 0.25) is 0 Å². The average molecular weight is 301 g/mol. The van der Waals surface area contributed by atoms with Gasteiger partial charge in [-0.3, -0.25) is 10.1 Å². The molecule has 0 aromatic heterocycles. The quantitative estimate of drug-likeness (QED) is 0.246. The minimum atomic E-state index is -0.429. The first-order valence-corrected chi connectivity index (χ1v) is 6.68. The molecule has 0 heterocycles. The number of rotatable bonds is 9. The third-order valence-corrected chi connectivity index (χ3v) is 2.33. The number of aliphatic hydroxyl groups excluding tert-OH is 3. The van der Waals surface area contributed by atoms with Gasteiger partial charge in [0.05, 0.1) is 18.1 Å². The Balaban J connectivity index is 0.000000486. The van der Waals surface area contributed by atoms with E-state index >= 15 is 0 Å². The van der Waals surface area contributed by atoms with Crippen molar-refractivity contribution in [1.82, 2.24) is 5.32 Å². The van der Waals surface area contributed by atoms with E-state index in [2.05, 4.69) is 10.6 Å². The number of nitrogens with zero attached hydrogens (tertiary/aromatic N) is 1. The Kier molecular flexibility index (Phi) is 12.2. The van der Waals surface area contributed by atoms with Crippen LogP contribution in [0.4, 0.5) is 11.4 Å². The summed E-state index contributed by atoms with van der Waals surface area (Å²) in [5.74, 6) is 0. The Morgan fingerprint density at radius 3 is 2.14 bits per heavy atom. The monoisotopic (exact) mass is 301 g/mol. The SMILES string of the molecule is O=[N+]([O-])c1ccccc1NCCCO.OCCNCCO. The second-order valence-corrected chi connectivity index (χ2v) is 3.98. The van der Waals surface area contributed by atoms with Crippen LogP contribution in [-0.2, 0) is 0 Å². The van der Waals surface area contributed by atoms with Crippen molar-refractivity contribution in [2.75, 3.05) is 44.8 Å². The largest absolute Gasteiger partial charge is 0.396 e. The third kappa shape index (κ3) is 9.74. The van der Waals surface area contributed by atoms with Crippen LogP contribution in [0.3, 0.4) is 0 Å². The predicted molar refractivity (Wildman–Crippen MR) is 80.3 cm³/mol. The van der Waals surface area contributed by atoms with Crippen molar-refractivity contribution in [3.05, 3.63) is 34.4 Å². The minimum absolute atomic E-state index is 0.0606. The molecule has 0 bridgehead atoms. The summed E-state index contributed by atoms with van der Waals surface area (Å²) in [6.45, 7) is 2.02. The van der Waals surface area contributed by atoms with E-state index in [1.54, 1.807) is 18.2 Å². The van der Waals surface area contributed by atoms with Gasteiger partial charge in [0, 0.05) is 32.3 Å². The van der Waals surface area contributed by atoms with Crippen LogP contribution in [0, 0.1) is 10.1 Å². The lowest BCUT2D eigenvalue weighted by atomic mass is 10.2. The highest BCUT2D eigenvalue weighted by Crippen LogP contribution is 2.22. The molecule has 0 spiro atoms. The van der Waals surface area contributed by atoms with Gasteiger partial charge >= 0.3 is 0 Å². The summed E-state index contributed by atoms with van der Waals surface area (Å²) in [5, 5.41) is 41.1. The van der Waals surface area contributed by atoms with Crippen LogP contribution >= 0.6 is 0 Å². The highest BCUT2D eigenvalue weighted by atomic mass is 16.6. The zero-order valence-corrected chi connectivity index (χ0v) is 11.9. The molecule has 120 valence electrons. The van der Waals surface area contributed by atoms with E-state index in [0.717, 1.165) is 0 Å². The molecule has 1 aromatic rings. The first-order chi connectivity index (χ1) is 10.2. The molecular weight excluding hydrogens is 278 g/mol. The molecule has 0 saturated heterocycles. The van der Waals surface area contributed by atoms with Crippen LogP contribution in [0.15, 0.2) is 24.3 Å². The molecule has 1 rings (SSSR count). The summed E-state index contributed by atoms with van der Waals surface area (Å²) >= 11 is 0. The molecule has 1 aromatic carbocycles. The van der Waals surface area contributed by atoms with Gasteiger partial charge in [-0.1, -0.05) is 12.1 Å². The van der Waals surface area contributed by atoms with Crippen LogP contribution in [0.1, 0.15) is 6.42 Å². The summed E-state index contributed by atoms with van der Waals surface area (Å²) in [4.78, 5) is 10.1. The van der Waals surface area contributed by atoms with E-state index in [0.29, 0.717) is 31.7 Å². The second kappa shape index (κ2) is 13.3. The zero-order valence-electron chi connectivity index (χ0n) is 11.9. The molecule has 21 heavy (non-hydrogen) atoms. The Hall–Kier alpha value is -1.74. The first-order valence-electron chi connectivity index (χ1n) is 6.68. The fraction of sp³-hybridized carbons (Fsp3) is 0.538. The van der Waals surface area contributed by atoms with Gasteiger partial charge in [-0.05, 0) is 12.5 Å². The van der Waals surface area contributed by atoms with Crippen molar-refractivity contribution in [3.63, 3.8) is 0 Å². The van der Waals surface area contributed by atoms with E-state index in [1.807, 2.05) is 0 Å². The smallest absolute Gasteiger partial charge is 0.292 e. The van der Waals surface area contributed by atoms with Gasteiger partial charge in [-0.25, -0.2) is 0 Å². The van der Waals surface area contributed by atoms with Gasteiger partial charge < -0.3 is 26.0 Å². The van der Waals surface area contributed by atoms with Crippen molar-refractivity contribution < 1.29 is 20.2 Å². The molecule has 0 aliphatic heterocycles. The molecule has 0 aliphatic rings. The standard InChI is InChI=1S/C9H12N2O3.C4H11NO2/c12-7-3-6-10-8-4-1-2-5-9(8)11(13)14;6-3-1-5-2-4-7/h1-2,4-5,10,12H,3,6-7H2;5-7H,1-4H2. The normalized spacial score (nSPS) is 9.67. The van der Waals surface area contributed by atoms with E-state index in [1.165, 1.54) is 6.07 Å². The molecule has 8 heteroatoms. The van der Waals surface area contributed by atoms with Crippen LogP contribution in [0.5, 0.6) is 0 Å². The Labute approximate surface area is 123 Å². The maximum absolute atomic E-state index is 10.6. The Morgan fingerprint density at radius 1 is 1.00 bits per heavy atom. The minimum Gasteiger partial charge on any atom is -0.396 e. The number of hydrogen-bond donors (Lipinski definition) is 5. The lowest BCUT2D eigenvalue weighted by Gasteiger charge is -2.04. The highest BCUT2D eigenvalue weighted by molar-refractivity contribution is 5.60. The van der Waals surface area contributed by atoms with Crippen molar-refractivity contribution in [3.8, 4) is 0 Å². The first kappa shape index (κ1) is 19.3. The molecule has 0 aliphatic carbocycles. The molecule has 8 nitrogen and oxygen atoms in total. The van der Waals surface area contributed by atoms with Gasteiger partial charge in [0.1, 0.15) is 5.69 Å². The predicted octanol–water partition coefficient (Wildman–Crippen LogP) is -0.0503. The number of hydrogen-bond acceptors (Lipinski definition) is 7. The lowest BCUT2D eigenvalue weighted by Crippen LogP contribution is -2.21. The van der Waals surface area contributed by atoms with Crippen molar-refractivity contribution >= 4 is 11.4 Å². The topological polar surface area (TPSA) is 128 Å². The van der Waals surface area contributed by atoms with E-state index in [9.17, 15) is 10.1 Å². The van der Waals surface area contributed by atoms with Crippen molar-refractivity contribution in [2.45, 2.75) is 6.42 Å². The highest BCUT2D eigenvalue weighted by Gasteiger charge is 2.10.